The average Bonchev–Trinajstić information content (AvgIpc) is 2.80. The minimum Gasteiger partial charge on any atom is -0.481 e. The van der Waals surface area contributed by atoms with Crippen molar-refractivity contribution in [3.63, 3.8) is 0 Å². The van der Waals surface area contributed by atoms with Gasteiger partial charge in [-0.15, -0.1) is 0 Å². The second kappa shape index (κ2) is 5.63. The van der Waals surface area contributed by atoms with Crippen molar-refractivity contribution in [3.8, 4) is 0 Å². The lowest BCUT2D eigenvalue weighted by Gasteiger charge is -2.30. The van der Waals surface area contributed by atoms with Gasteiger partial charge >= 0.3 is 5.97 Å². The molecule has 106 valence electrons. The predicted octanol–water partition coefficient (Wildman–Crippen LogP) is 2.51. The normalized spacial score (nSPS) is 20.3. The van der Waals surface area contributed by atoms with Crippen LogP contribution in [0.15, 0.2) is 28.7 Å². The minimum atomic E-state index is -0.710. The van der Waals surface area contributed by atoms with Gasteiger partial charge in [-0.3, -0.25) is 9.69 Å². The van der Waals surface area contributed by atoms with E-state index in [1.54, 1.807) is 0 Å². The Morgan fingerprint density at radius 2 is 2.30 bits per heavy atom. The second-order valence-corrected chi connectivity index (χ2v) is 5.42. The molecule has 1 atom stereocenters. The van der Waals surface area contributed by atoms with Crippen molar-refractivity contribution in [2.45, 2.75) is 25.8 Å². The Labute approximate surface area is 117 Å². The van der Waals surface area contributed by atoms with Crippen molar-refractivity contribution in [3.05, 3.63) is 30.2 Å². The molecular weight excluding hydrogens is 256 g/mol. The van der Waals surface area contributed by atoms with Crippen LogP contribution in [0.5, 0.6) is 0 Å². The maximum Gasteiger partial charge on any atom is 0.303 e. The Balaban J connectivity index is 1.66. The van der Waals surface area contributed by atoms with E-state index in [1.165, 1.54) is 0 Å². The molecule has 1 aromatic heterocycles. The first-order valence-corrected chi connectivity index (χ1v) is 6.99. The van der Waals surface area contributed by atoms with Crippen LogP contribution in [0.2, 0.25) is 0 Å². The first-order chi connectivity index (χ1) is 9.70. The van der Waals surface area contributed by atoms with Crippen LogP contribution in [-0.4, -0.2) is 34.0 Å². The molecule has 3 rings (SSSR count). The van der Waals surface area contributed by atoms with E-state index in [0.29, 0.717) is 12.4 Å². The standard InChI is InChI=1S/C15H18N2O3/c18-15(19)8-11-4-3-7-17(9-11)10-14-16-12-5-1-2-6-13(12)20-14/h1-2,5-6,11H,3-4,7-10H2,(H,18,19). The number of fused-ring (bicyclic) bond motifs is 1. The van der Waals surface area contributed by atoms with Crippen molar-refractivity contribution in [2.75, 3.05) is 13.1 Å². The average molecular weight is 274 g/mol. The number of carboxylic acids is 1. The molecule has 0 saturated carbocycles. The molecule has 1 aliphatic heterocycles. The smallest absolute Gasteiger partial charge is 0.303 e. The summed E-state index contributed by atoms with van der Waals surface area (Å²) in [4.78, 5) is 17.5. The first kappa shape index (κ1) is 13.1. The number of oxazole rings is 1. The van der Waals surface area contributed by atoms with Crippen molar-refractivity contribution in [2.24, 2.45) is 5.92 Å². The van der Waals surface area contributed by atoms with Gasteiger partial charge in [0.25, 0.3) is 0 Å². The highest BCUT2D eigenvalue weighted by atomic mass is 16.4. The molecule has 1 aliphatic rings. The summed E-state index contributed by atoms with van der Waals surface area (Å²) >= 11 is 0. The molecule has 1 N–H and O–H groups in total. The van der Waals surface area contributed by atoms with Gasteiger partial charge in [-0.25, -0.2) is 4.98 Å². The van der Waals surface area contributed by atoms with E-state index in [9.17, 15) is 4.79 Å². The van der Waals surface area contributed by atoms with E-state index in [2.05, 4.69) is 9.88 Å². The third kappa shape index (κ3) is 2.99. The summed E-state index contributed by atoms with van der Waals surface area (Å²) in [5.74, 6) is 0.242. The molecule has 0 radical (unpaired) electrons. The molecule has 1 aromatic carbocycles. The zero-order valence-corrected chi connectivity index (χ0v) is 11.3. The molecule has 1 fully saturated rings. The topological polar surface area (TPSA) is 66.6 Å². The number of hydrogen-bond donors (Lipinski definition) is 1. The molecule has 1 unspecified atom stereocenters. The van der Waals surface area contributed by atoms with Crippen LogP contribution in [-0.2, 0) is 11.3 Å². The number of rotatable bonds is 4. The number of carboxylic acid groups (broad SMARTS) is 1. The van der Waals surface area contributed by atoms with Gasteiger partial charge in [0.1, 0.15) is 5.52 Å². The number of aliphatic carboxylic acids is 1. The SMILES string of the molecule is O=C(O)CC1CCCN(Cc2nc3ccccc3o2)C1. The highest BCUT2D eigenvalue weighted by molar-refractivity contribution is 5.72. The van der Waals surface area contributed by atoms with Gasteiger partial charge in [0.2, 0.25) is 5.89 Å². The Kier molecular flexibility index (Phi) is 3.69. The van der Waals surface area contributed by atoms with Crippen molar-refractivity contribution in [1.82, 2.24) is 9.88 Å². The van der Waals surface area contributed by atoms with E-state index in [-0.39, 0.29) is 12.3 Å². The van der Waals surface area contributed by atoms with Gasteiger partial charge in [-0.1, -0.05) is 12.1 Å². The van der Waals surface area contributed by atoms with Crippen LogP contribution in [0.3, 0.4) is 0 Å². The number of hydrogen-bond acceptors (Lipinski definition) is 4. The van der Waals surface area contributed by atoms with E-state index in [0.717, 1.165) is 37.0 Å². The monoisotopic (exact) mass is 274 g/mol. The molecule has 0 bridgehead atoms. The highest BCUT2D eigenvalue weighted by Crippen LogP contribution is 2.22. The maximum absolute atomic E-state index is 10.8. The fraction of sp³-hybridized carbons (Fsp3) is 0.467. The number of nitrogens with zero attached hydrogens (tertiary/aromatic N) is 2. The van der Waals surface area contributed by atoms with Crippen molar-refractivity contribution >= 4 is 17.1 Å². The lowest BCUT2D eigenvalue weighted by molar-refractivity contribution is -0.138. The molecule has 5 heteroatoms. The van der Waals surface area contributed by atoms with Gasteiger partial charge in [0.05, 0.1) is 6.54 Å². The molecule has 0 aliphatic carbocycles. The van der Waals surface area contributed by atoms with Gasteiger partial charge < -0.3 is 9.52 Å². The fourth-order valence-corrected chi connectivity index (χ4v) is 2.89. The number of benzene rings is 1. The number of likely N-dealkylation sites (tertiary alicyclic amines) is 1. The Hall–Kier alpha value is -1.88. The zero-order chi connectivity index (χ0) is 13.9. The summed E-state index contributed by atoms with van der Waals surface area (Å²) in [5.41, 5.74) is 1.68. The maximum atomic E-state index is 10.8. The van der Waals surface area contributed by atoms with Gasteiger partial charge in [0, 0.05) is 13.0 Å². The number of piperidine rings is 1. The molecule has 2 heterocycles. The molecule has 20 heavy (non-hydrogen) atoms. The third-order valence-corrected chi connectivity index (χ3v) is 3.76. The quantitative estimate of drug-likeness (QED) is 0.928. The minimum absolute atomic E-state index is 0.241. The van der Waals surface area contributed by atoms with Gasteiger partial charge in [0.15, 0.2) is 5.58 Å². The fourth-order valence-electron chi connectivity index (χ4n) is 2.89. The van der Waals surface area contributed by atoms with Crippen LogP contribution in [0.4, 0.5) is 0 Å². The molecule has 1 saturated heterocycles. The van der Waals surface area contributed by atoms with Crippen LogP contribution >= 0.6 is 0 Å². The molecule has 0 spiro atoms. The Bertz CT molecular complexity index is 575. The summed E-state index contributed by atoms with van der Waals surface area (Å²) in [6, 6.07) is 7.72. The number of para-hydroxylation sites is 2. The summed E-state index contributed by atoms with van der Waals surface area (Å²) in [6.45, 7) is 2.45. The summed E-state index contributed by atoms with van der Waals surface area (Å²) in [6.07, 6.45) is 2.29. The number of aromatic nitrogens is 1. The Morgan fingerprint density at radius 1 is 1.45 bits per heavy atom. The van der Waals surface area contributed by atoms with Crippen LogP contribution in [0, 0.1) is 5.92 Å². The molecule has 2 aromatic rings. The highest BCUT2D eigenvalue weighted by Gasteiger charge is 2.23. The van der Waals surface area contributed by atoms with E-state index < -0.39 is 5.97 Å². The van der Waals surface area contributed by atoms with E-state index in [4.69, 9.17) is 9.52 Å². The van der Waals surface area contributed by atoms with Crippen molar-refractivity contribution < 1.29 is 14.3 Å². The van der Waals surface area contributed by atoms with E-state index >= 15 is 0 Å². The lowest BCUT2D eigenvalue weighted by atomic mass is 9.95. The van der Waals surface area contributed by atoms with E-state index in [1.807, 2.05) is 24.3 Å². The lowest BCUT2D eigenvalue weighted by Crippen LogP contribution is -2.35. The van der Waals surface area contributed by atoms with Crippen LogP contribution in [0.1, 0.15) is 25.2 Å². The van der Waals surface area contributed by atoms with Crippen LogP contribution in [0.25, 0.3) is 11.1 Å². The van der Waals surface area contributed by atoms with Gasteiger partial charge in [-0.05, 0) is 37.4 Å². The molecule has 5 nitrogen and oxygen atoms in total. The van der Waals surface area contributed by atoms with Crippen molar-refractivity contribution in [1.29, 1.82) is 0 Å². The molecular formula is C15H18N2O3. The summed E-state index contributed by atoms with van der Waals surface area (Å²) in [5, 5.41) is 8.89. The predicted molar refractivity (Wildman–Crippen MR) is 74.3 cm³/mol. The summed E-state index contributed by atoms with van der Waals surface area (Å²) in [7, 11) is 0. The van der Waals surface area contributed by atoms with Gasteiger partial charge in [-0.2, -0.15) is 0 Å². The largest absolute Gasteiger partial charge is 0.481 e. The zero-order valence-electron chi connectivity index (χ0n) is 11.3. The second-order valence-electron chi connectivity index (χ2n) is 5.42. The Morgan fingerprint density at radius 3 is 3.10 bits per heavy atom. The first-order valence-electron chi connectivity index (χ1n) is 6.99. The van der Waals surface area contributed by atoms with Crippen LogP contribution < -0.4 is 0 Å². The summed E-state index contributed by atoms with van der Waals surface area (Å²) < 4.78 is 5.72. The third-order valence-electron chi connectivity index (χ3n) is 3.76. The number of carbonyl (C=O) groups is 1. The molecule has 0 amide bonds.